The highest BCUT2D eigenvalue weighted by Gasteiger charge is 1.99. The van der Waals surface area contributed by atoms with Crippen molar-refractivity contribution in [2.75, 3.05) is 6.61 Å². The summed E-state index contributed by atoms with van der Waals surface area (Å²) in [4.78, 5) is 0. The van der Waals surface area contributed by atoms with Crippen LogP contribution in [0.1, 0.15) is 12.5 Å². The molecule has 0 heterocycles. The SMILES string of the molecule is C[C@H](N)COCc1ccccc1Br. The Morgan fingerprint density at radius 2 is 2.15 bits per heavy atom. The highest BCUT2D eigenvalue weighted by atomic mass is 79.9. The number of benzene rings is 1. The summed E-state index contributed by atoms with van der Waals surface area (Å²) in [5.41, 5.74) is 6.71. The van der Waals surface area contributed by atoms with Crippen molar-refractivity contribution in [1.29, 1.82) is 0 Å². The molecule has 0 aliphatic heterocycles. The van der Waals surface area contributed by atoms with Gasteiger partial charge in [-0.3, -0.25) is 0 Å². The molecule has 3 heteroatoms. The molecule has 0 fully saturated rings. The first-order chi connectivity index (χ1) is 6.20. The highest BCUT2D eigenvalue weighted by Crippen LogP contribution is 2.16. The Balaban J connectivity index is 2.41. The van der Waals surface area contributed by atoms with Gasteiger partial charge in [0.05, 0.1) is 13.2 Å². The lowest BCUT2D eigenvalue weighted by Crippen LogP contribution is -2.21. The van der Waals surface area contributed by atoms with Gasteiger partial charge in [0.2, 0.25) is 0 Å². The molecule has 0 spiro atoms. The van der Waals surface area contributed by atoms with Gasteiger partial charge in [-0.25, -0.2) is 0 Å². The first kappa shape index (κ1) is 10.7. The topological polar surface area (TPSA) is 35.2 Å². The number of hydrogen-bond donors (Lipinski definition) is 1. The van der Waals surface area contributed by atoms with E-state index in [4.69, 9.17) is 10.5 Å². The van der Waals surface area contributed by atoms with Gasteiger partial charge < -0.3 is 10.5 Å². The Labute approximate surface area is 87.2 Å². The maximum absolute atomic E-state index is 5.56. The maximum Gasteiger partial charge on any atom is 0.0728 e. The summed E-state index contributed by atoms with van der Waals surface area (Å²) in [5.74, 6) is 0. The van der Waals surface area contributed by atoms with Crippen molar-refractivity contribution < 1.29 is 4.74 Å². The van der Waals surface area contributed by atoms with E-state index in [1.807, 2.05) is 31.2 Å². The summed E-state index contributed by atoms with van der Waals surface area (Å²) in [6.45, 7) is 3.14. The minimum absolute atomic E-state index is 0.0995. The molecule has 2 N–H and O–H groups in total. The molecule has 0 unspecified atom stereocenters. The summed E-state index contributed by atoms with van der Waals surface area (Å²) < 4.78 is 6.49. The van der Waals surface area contributed by atoms with Crippen LogP contribution in [0.3, 0.4) is 0 Å². The van der Waals surface area contributed by atoms with Crippen molar-refractivity contribution in [3.8, 4) is 0 Å². The van der Waals surface area contributed by atoms with Crippen LogP contribution in [0, 0.1) is 0 Å². The first-order valence-electron chi connectivity index (χ1n) is 4.27. The Bertz CT molecular complexity index is 263. The van der Waals surface area contributed by atoms with Crippen LogP contribution in [0.2, 0.25) is 0 Å². The Hall–Kier alpha value is -0.380. The van der Waals surface area contributed by atoms with E-state index in [2.05, 4.69) is 15.9 Å². The van der Waals surface area contributed by atoms with E-state index in [0.717, 1.165) is 10.0 Å². The average Bonchev–Trinajstić information content (AvgIpc) is 2.08. The van der Waals surface area contributed by atoms with Gasteiger partial charge >= 0.3 is 0 Å². The van der Waals surface area contributed by atoms with Gasteiger partial charge in [-0.15, -0.1) is 0 Å². The van der Waals surface area contributed by atoms with E-state index in [0.29, 0.717) is 13.2 Å². The molecule has 1 atom stereocenters. The summed E-state index contributed by atoms with van der Waals surface area (Å²) in [6, 6.07) is 8.12. The Morgan fingerprint density at radius 3 is 2.77 bits per heavy atom. The van der Waals surface area contributed by atoms with Crippen molar-refractivity contribution in [3.05, 3.63) is 34.3 Å². The van der Waals surface area contributed by atoms with Crippen molar-refractivity contribution in [2.45, 2.75) is 19.6 Å². The van der Waals surface area contributed by atoms with Gasteiger partial charge in [0.15, 0.2) is 0 Å². The molecular weight excluding hydrogens is 230 g/mol. The average molecular weight is 244 g/mol. The van der Waals surface area contributed by atoms with Gasteiger partial charge in [0.1, 0.15) is 0 Å². The lowest BCUT2D eigenvalue weighted by Gasteiger charge is -2.07. The molecule has 0 aromatic heterocycles. The third-order valence-electron chi connectivity index (χ3n) is 1.60. The number of rotatable bonds is 4. The molecule has 0 bridgehead atoms. The van der Waals surface area contributed by atoms with Crippen LogP contribution in [0.5, 0.6) is 0 Å². The van der Waals surface area contributed by atoms with Crippen LogP contribution >= 0.6 is 15.9 Å². The smallest absolute Gasteiger partial charge is 0.0728 e. The summed E-state index contributed by atoms with van der Waals surface area (Å²) in [7, 11) is 0. The highest BCUT2D eigenvalue weighted by molar-refractivity contribution is 9.10. The van der Waals surface area contributed by atoms with Crippen molar-refractivity contribution in [1.82, 2.24) is 0 Å². The molecular formula is C10H14BrNO. The van der Waals surface area contributed by atoms with E-state index in [1.165, 1.54) is 0 Å². The molecule has 0 aliphatic carbocycles. The Morgan fingerprint density at radius 1 is 1.46 bits per heavy atom. The van der Waals surface area contributed by atoms with Gasteiger partial charge in [0, 0.05) is 10.5 Å². The number of ether oxygens (including phenoxy) is 1. The van der Waals surface area contributed by atoms with Crippen LogP contribution < -0.4 is 5.73 Å². The van der Waals surface area contributed by atoms with E-state index in [-0.39, 0.29) is 6.04 Å². The van der Waals surface area contributed by atoms with Crippen molar-refractivity contribution in [3.63, 3.8) is 0 Å². The fraction of sp³-hybridized carbons (Fsp3) is 0.400. The normalized spacial score (nSPS) is 12.8. The first-order valence-corrected chi connectivity index (χ1v) is 5.06. The van der Waals surface area contributed by atoms with E-state index >= 15 is 0 Å². The molecule has 0 radical (unpaired) electrons. The monoisotopic (exact) mass is 243 g/mol. The predicted molar refractivity (Wildman–Crippen MR) is 57.4 cm³/mol. The molecule has 72 valence electrons. The fourth-order valence-electron chi connectivity index (χ4n) is 0.970. The molecule has 13 heavy (non-hydrogen) atoms. The molecule has 1 rings (SSSR count). The van der Waals surface area contributed by atoms with Gasteiger partial charge in [-0.05, 0) is 18.6 Å². The second-order valence-corrected chi connectivity index (χ2v) is 3.94. The van der Waals surface area contributed by atoms with E-state index in [1.54, 1.807) is 0 Å². The van der Waals surface area contributed by atoms with Crippen molar-refractivity contribution >= 4 is 15.9 Å². The second-order valence-electron chi connectivity index (χ2n) is 3.08. The van der Waals surface area contributed by atoms with Crippen LogP contribution in [-0.2, 0) is 11.3 Å². The van der Waals surface area contributed by atoms with E-state index < -0.39 is 0 Å². The van der Waals surface area contributed by atoms with Crippen molar-refractivity contribution in [2.24, 2.45) is 5.73 Å². The van der Waals surface area contributed by atoms with Gasteiger partial charge in [-0.2, -0.15) is 0 Å². The number of nitrogens with two attached hydrogens (primary N) is 1. The standard InChI is InChI=1S/C10H14BrNO/c1-8(12)6-13-7-9-4-2-3-5-10(9)11/h2-5,8H,6-7,12H2,1H3/t8-/m0/s1. The lowest BCUT2D eigenvalue weighted by molar-refractivity contribution is 0.111. The fourth-order valence-corrected chi connectivity index (χ4v) is 1.37. The van der Waals surface area contributed by atoms with Crippen LogP contribution in [0.25, 0.3) is 0 Å². The minimum Gasteiger partial charge on any atom is -0.375 e. The molecule has 1 aromatic carbocycles. The number of halogens is 1. The quantitative estimate of drug-likeness (QED) is 0.882. The molecule has 0 saturated heterocycles. The van der Waals surface area contributed by atoms with Gasteiger partial charge in [0.25, 0.3) is 0 Å². The second kappa shape index (κ2) is 5.37. The van der Waals surface area contributed by atoms with Crippen LogP contribution in [0.4, 0.5) is 0 Å². The van der Waals surface area contributed by atoms with E-state index in [9.17, 15) is 0 Å². The number of hydrogen-bond acceptors (Lipinski definition) is 2. The van der Waals surface area contributed by atoms with Crippen LogP contribution in [0.15, 0.2) is 28.7 Å². The largest absolute Gasteiger partial charge is 0.375 e. The third kappa shape index (κ3) is 3.89. The molecule has 1 aromatic rings. The molecule has 0 saturated carbocycles. The summed E-state index contributed by atoms with van der Waals surface area (Å²) in [5, 5.41) is 0. The molecule has 2 nitrogen and oxygen atoms in total. The molecule has 0 amide bonds. The summed E-state index contributed by atoms with van der Waals surface area (Å²) >= 11 is 3.45. The summed E-state index contributed by atoms with van der Waals surface area (Å²) in [6.07, 6.45) is 0. The Kier molecular flexibility index (Phi) is 4.42. The van der Waals surface area contributed by atoms with Gasteiger partial charge in [-0.1, -0.05) is 34.1 Å². The zero-order valence-corrected chi connectivity index (χ0v) is 9.25. The maximum atomic E-state index is 5.56. The predicted octanol–water partition coefficient (Wildman–Crippen LogP) is 2.31. The third-order valence-corrected chi connectivity index (χ3v) is 2.37. The molecule has 0 aliphatic rings. The zero-order valence-electron chi connectivity index (χ0n) is 7.66. The minimum atomic E-state index is 0.0995. The lowest BCUT2D eigenvalue weighted by atomic mass is 10.2. The zero-order chi connectivity index (χ0) is 9.68. The van der Waals surface area contributed by atoms with Crippen LogP contribution in [-0.4, -0.2) is 12.6 Å².